The Morgan fingerprint density at radius 3 is 2.25 bits per heavy atom. The van der Waals surface area contributed by atoms with Gasteiger partial charge in [-0.25, -0.2) is 8.42 Å². The molecule has 1 N–H and O–H groups in total. The van der Waals surface area contributed by atoms with Crippen LogP contribution in [0.25, 0.3) is 0 Å². The van der Waals surface area contributed by atoms with E-state index in [4.69, 9.17) is 4.74 Å². The van der Waals surface area contributed by atoms with Crippen LogP contribution in [-0.4, -0.2) is 57.6 Å². The largest absolute Gasteiger partial charge is 0.497 e. The van der Waals surface area contributed by atoms with Crippen LogP contribution in [0.2, 0.25) is 0 Å². The van der Waals surface area contributed by atoms with Gasteiger partial charge in [0.2, 0.25) is 21.8 Å². The summed E-state index contributed by atoms with van der Waals surface area (Å²) in [4.78, 5) is 29.2. The average molecular weight is 566 g/mol. The van der Waals surface area contributed by atoms with Crippen LogP contribution >= 0.6 is 0 Å². The second-order valence-electron chi connectivity index (χ2n) is 9.83. The molecular formula is C31H39N3O5S. The van der Waals surface area contributed by atoms with E-state index in [9.17, 15) is 18.0 Å². The number of ether oxygens (including phenoxy) is 1. The minimum atomic E-state index is -3.80. The number of methoxy groups -OCH3 is 1. The van der Waals surface area contributed by atoms with Gasteiger partial charge in [0.25, 0.3) is 0 Å². The fourth-order valence-corrected chi connectivity index (χ4v) is 5.20. The molecule has 0 aliphatic heterocycles. The van der Waals surface area contributed by atoms with Crippen molar-refractivity contribution in [1.82, 2.24) is 10.2 Å². The smallest absolute Gasteiger partial charge is 0.244 e. The summed E-state index contributed by atoms with van der Waals surface area (Å²) < 4.78 is 32.1. The Morgan fingerprint density at radius 1 is 0.950 bits per heavy atom. The molecule has 214 valence electrons. The number of sulfonamides is 1. The molecule has 3 rings (SSSR count). The molecule has 0 bridgehead atoms. The summed E-state index contributed by atoms with van der Waals surface area (Å²) in [6.07, 6.45) is 3.07. The Kier molecular flexibility index (Phi) is 11.1. The predicted octanol–water partition coefficient (Wildman–Crippen LogP) is 4.33. The van der Waals surface area contributed by atoms with Gasteiger partial charge in [-0.05, 0) is 48.7 Å². The van der Waals surface area contributed by atoms with Crippen molar-refractivity contribution >= 4 is 27.5 Å². The maximum Gasteiger partial charge on any atom is 0.244 e. The molecule has 9 heteroatoms. The molecule has 0 aliphatic carbocycles. The molecule has 8 nitrogen and oxygen atoms in total. The monoisotopic (exact) mass is 565 g/mol. The zero-order chi connectivity index (χ0) is 29.1. The van der Waals surface area contributed by atoms with Crippen LogP contribution in [0.15, 0.2) is 78.9 Å². The van der Waals surface area contributed by atoms with E-state index >= 15 is 0 Å². The highest BCUT2D eigenvalue weighted by molar-refractivity contribution is 7.92. The van der Waals surface area contributed by atoms with Crippen LogP contribution in [0.5, 0.6) is 5.75 Å². The summed E-state index contributed by atoms with van der Waals surface area (Å²) in [6, 6.07) is 22.9. The third-order valence-electron chi connectivity index (χ3n) is 6.59. The van der Waals surface area contributed by atoms with Crippen molar-refractivity contribution in [3.05, 3.63) is 95.6 Å². The number of aryl methyl sites for hydroxylation is 1. The summed E-state index contributed by atoms with van der Waals surface area (Å²) in [5.41, 5.74) is 3.00. The third kappa shape index (κ3) is 8.84. The van der Waals surface area contributed by atoms with E-state index in [-0.39, 0.29) is 18.9 Å². The summed E-state index contributed by atoms with van der Waals surface area (Å²) >= 11 is 0. The standard InChI is InChI=1S/C31H39N3O5S/c1-5-6-19-32-31(36)29(21-25-11-8-7-9-12-25)33(22-26-13-10-14-28(20-26)39-3)30(35)23-34(40(4,37)38)27-17-15-24(2)16-18-27/h7-18,20,29H,5-6,19,21-23H2,1-4H3,(H,32,36)/t29-/m0/s1. The molecule has 40 heavy (non-hydrogen) atoms. The van der Waals surface area contributed by atoms with Gasteiger partial charge in [-0.15, -0.1) is 0 Å². The summed E-state index contributed by atoms with van der Waals surface area (Å²) in [6.45, 7) is 4.08. The molecule has 0 saturated carbocycles. The van der Waals surface area contributed by atoms with Crippen LogP contribution < -0.4 is 14.4 Å². The van der Waals surface area contributed by atoms with E-state index in [0.29, 0.717) is 18.0 Å². The normalized spacial score (nSPS) is 11.9. The van der Waals surface area contributed by atoms with Gasteiger partial charge in [-0.1, -0.05) is 73.5 Å². The van der Waals surface area contributed by atoms with Crippen molar-refractivity contribution < 1.29 is 22.7 Å². The highest BCUT2D eigenvalue weighted by Crippen LogP contribution is 2.22. The van der Waals surface area contributed by atoms with Gasteiger partial charge < -0.3 is 15.0 Å². The van der Waals surface area contributed by atoms with Crippen molar-refractivity contribution in [2.24, 2.45) is 0 Å². The molecule has 1 atom stereocenters. The summed E-state index contributed by atoms with van der Waals surface area (Å²) in [7, 11) is -2.24. The molecule has 2 amide bonds. The number of rotatable bonds is 14. The molecule has 0 radical (unpaired) electrons. The Hall–Kier alpha value is -3.85. The first-order chi connectivity index (χ1) is 19.1. The number of nitrogens with one attached hydrogen (secondary N) is 1. The second kappa shape index (κ2) is 14.5. The van der Waals surface area contributed by atoms with Gasteiger partial charge >= 0.3 is 0 Å². The lowest BCUT2D eigenvalue weighted by Crippen LogP contribution is -2.53. The minimum Gasteiger partial charge on any atom is -0.497 e. The number of nitrogens with zero attached hydrogens (tertiary/aromatic N) is 2. The maximum absolute atomic E-state index is 14.1. The Labute approximate surface area is 238 Å². The number of amides is 2. The van der Waals surface area contributed by atoms with Crippen LogP contribution in [0.1, 0.15) is 36.5 Å². The van der Waals surface area contributed by atoms with Crippen LogP contribution in [0.3, 0.4) is 0 Å². The van der Waals surface area contributed by atoms with Crippen molar-refractivity contribution in [2.75, 3.05) is 30.8 Å². The van der Waals surface area contributed by atoms with E-state index < -0.39 is 28.5 Å². The molecule has 3 aromatic rings. The molecule has 0 heterocycles. The van der Waals surface area contributed by atoms with Gasteiger partial charge in [-0.2, -0.15) is 0 Å². The Balaban J connectivity index is 2.04. The first-order valence-electron chi connectivity index (χ1n) is 13.4. The van der Waals surface area contributed by atoms with Gasteiger partial charge in [-0.3, -0.25) is 13.9 Å². The molecular weight excluding hydrogens is 526 g/mol. The fourth-order valence-electron chi connectivity index (χ4n) is 4.35. The third-order valence-corrected chi connectivity index (χ3v) is 7.73. The zero-order valence-electron chi connectivity index (χ0n) is 23.7. The van der Waals surface area contributed by atoms with Crippen molar-refractivity contribution in [3.8, 4) is 5.75 Å². The maximum atomic E-state index is 14.1. The number of carbonyl (C=O) groups is 2. The molecule has 0 saturated heterocycles. The minimum absolute atomic E-state index is 0.0975. The topological polar surface area (TPSA) is 96.0 Å². The lowest BCUT2D eigenvalue weighted by Gasteiger charge is -2.33. The summed E-state index contributed by atoms with van der Waals surface area (Å²) in [5, 5.41) is 2.98. The number of carbonyl (C=O) groups excluding carboxylic acids is 2. The van der Waals surface area contributed by atoms with Gasteiger partial charge in [0.15, 0.2) is 0 Å². The van der Waals surface area contributed by atoms with Gasteiger partial charge in [0, 0.05) is 19.5 Å². The first-order valence-corrected chi connectivity index (χ1v) is 15.3. The van der Waals surface area contributed by atoms with Crippen molar-refractivity contribution in [1.29, 1.82) is 0 Å². The number of hydrogen-bond acceptors (Lipinski definition) is 5. The number of anilines is 1. The van der Waals surface area contributed by atoms with E-state index in [2.05, 4.69) is 5.32 Å². The molecule has 0 aromatic heterocycles. The van der Waals surface area contributed by atoms with Crippen LogP contribution in [0.4, 0.5) is 5.69 Å². The second-order valence-corrected chi connectivity index (χ2v) is 11.7. The number of benzene rings is 3. The van der Waals surface area contributed by atoms with Crippen molar-refractivity contribution in [3.63, 3.8) is 0 Å². The van der Waals surface area contributed by atoms with E-state index in [1.807, 2.05) is 62.4 Å². The van der Waals surface area contributed by atoms with Gasteiger partial charge in [0.1, 0.15) is 18.3 Å². The average Bonchev–Trinajstić information content (AvgIpc) is 2.94. The SMILES string of the molecule is CCCCNC(=O)[C@H](Cc1ccccc1)N(Cc1cccc(OC)c1)C(=O)CN(c1ccc(C)cc1)S(C)(=O)=O. The highest BCUT2D eigenvalue weighted by atomic mass is 32.2. The summed E-state index contributed by atoms with van der Waals surface area (Å²) in [5.74, 6) is -0.149. The van der Waals surface area contributed by atoms with Crippen LogP contribution in [0, 0.1) is 6.92 Å². The van der Waals surface area contributed by atoms with Gasteiger partial charge in [0.05, 0.1) is 19.1 Å². The van der Waals surface area contributed by atoms with E-state index in [0.717, 1.165) is 40.1 Å². The van der Waals surface area contributed by atoms with E-state index in [1.54, 1.807) is 37.4 Å². The lowest BCUT2D eigenvalue weighted by molar-refractivity contribution is -0.140. The lowest BCUT2D eigenvalue weighted by atomic mass is 10.0. The molecule has 0 aliphatic rings. The fraction of sp³-hybridized carbons (Fsp3) is 0.355. The zero-order valence-corrected chi connectivity index (χ0v) is 24.5. The highest BCUT2D eigenvalue weighted by Gasteiger charge is 2.33. The molecule has 3 aromatic carbocycles. The molecule has 0 unspecified atom stereocenters. The number of hydrogen-bond donors (Lipinski definition) is 1. The van der Waals surface area contributed by atoms with Crippen LogP contribution in [-0.2, 0) is 32.6 Å². The molecule has 0 spiro atoms. The number of unbranched alkanes of at least 4 members (excludes halogenated alkanes) is 1. The Morgan fingerprint density at radius 2 is 1.62 bits per heavy atom. The quantitative estimate of drug-likeness (QED) is 0.294. The van der Waals surface area contributed by atoms with Crippen molar-refractivity contribution in [2.45, 2.75) is 45.7 Å². The van der Waals surface area contributed by atoms with E-state index in [1.165, 1.54) is 4.90 Å². The first kappa shape index (κ1) is 30.7. The predicted molar refractivity (Wildman–Crippen MR) is 159 cm³/mol. The molecule has 0 fully saturated rings. The Bertz CT molecular complexity index is 1360.